The molecule has 0 aliphatic carbocycles. The van der Waals surface area contributed by atoms with Crippen LogP contribution in [0, 0.1) is 11.3 Å². The number of ether oxygens (including phenoxy) is 1. The van der Waals surface area contributed by atoms with Gasteiger partial charge < -0.3 is 4.74 Å². The number of anilines is 1. The summed E-state index contributed by atoms with van der Waals surface area (Å²) in [6, 6.07) is 16.6. The summed E-state index contributed by atoms with van der Waals surface area (Å²) in [5, 5.41) is 10.9. The Morgan fingerprint density at radius 1 is 1.18 bits per heavy atom. The van der Waals surface area contributed by atoms with E-state index >= 15 is 0 Å². The van der Waals surface area contributed by atoms with Crippen molar-refractivity contribution < 1.29 is 9.53 Å². The Bertz CT molecular complexity index is 763. The minimum Gasteiger partial charge on any atom is -0.456 e. The van der Waals surface area contributed by atoms with E-state index in [2.05, 4.69) is 11.5 Å². The van der Waals surface area contributed by atoms with E-state index in [0.717, 1.165) is 0 Å². The van der Waals surface area contributed by atoms with E-state index in [1.807, 2.05) is 30.3 Å². The number of nitrogens with one attached hydrogen (secondary N) is 1. The van der Waals surface area contributed by atoms with Gasteiger partial charge in [-0.25, -0.2) is 0 Å². The van der Waals surface area contributed by atoms with Crippen LogP contribution in [-0.2, 0) is 4.79 Å². The molecular weight excluding hydrogens is 278 g/mol. The molecule has 22 heavy (non-hydrogen) atoms. The molecule has 0 atom stereocenters. The smallest absolute Gasteiger partial charge is 0.242 e. The molecule has 0 bridgehead atoms. The first kappa shape index (κ1) is 13.7. The van der Waals surface area contributed by atoms with Crippen LogP contribution in [0.5, 0.6) is 11.5 Å². The van der Waals surface area contributed by atoms with E-state index in [-0.39, 0.29) is 5.91 Å². The number of hydrogen-bond acceptors (Lipinski definition) is 4. The number of benzene rings is 2. The van der Waals surface area contributed by atoms with Gasteiger partial charge in [0.15, 0.2) is 0 Å². The summed E-state index contributed by atoms with van der Waals surface area (Å²) in [5.74, 6) is 1.05. The van der Waals surface area contributed by atoms with Crippen LogP contribution in [0.25, 0.3) is 0 Å². The average molecular weight is 291 g/mol. The minimum absolute atomic E-state index is 0.0920. The predicted octanol–water partition coefficient (Wildman–Crippen LogP) is 3.11. The normalized spacial score (nSPS) is 13.4. The number of nitriles is 1. The van der Waals surface area contributed by atoms with Gasteiger partial charge in [-0.15, -0.1) is 0 Å². The van der Waals surface area contributed by atoms with Crippen molar-refractivity contribution in [2.24, 2.45) is 0 Å². The van der Waals surface area contributed by atoms with Crippen LogP contribution in [0.1, 0.15) is 12.0 Å². The van der Waals surface area contributed by atoms with Crippen molar-refractivity contribution >= 4 is 11.6 Å². The number of rotatable bonds is 3. The quantitative estimate of drug-likeness (QED) is 0.943. The van der Waals surface area contributed by atoms with Crippen LogP contribution in [0.15, 0.2) is 60.8 Å². The summed E-state index contributed by atoms with van der Waals surface area (Å²) in [6.45, 7) is 0. The molecule has 1 amide bonds. The second kappa shape index (κ2) is 6.02. The van der Waals surface area contributed by atoms with Crippen molar-refractivity contribution in [1.29, 1.82) is 5.26 Å². The second-order valence-corrected chi connectivity index (χ2v) is 4.70. The number of amides is 1. The molecule has 1 aliphatic heterocycles. The first-order valence-electron chi connectivity index (χ1n) is 6.79. The molecule has 5 heteroatoms. The number of hydrazine groups is 1. The topological polar surface area (TPSA) is 65.4 Å². The van der Waals surface area contributed by atoms with E-state index in [4.69, 9.17) is 4.74 Å². The van der Waals surface area contributed by atoms with Crippen molar-refractivity contribution in [3.8, 4) is 17.6 Å². The molecule has 1 aliphatic rings. The molecule has 0 spiro atoms. The highest BCUT2D eigenvalue weighted by atomic mass is 16.5. The number of carbonyl (C=O) groups excluding carboxylic acids is 1. The Morgan fingerprint density at radius 2 is 2.00 bits per heavy atom. The lowest BCUT2D eigenvalue weighted by molar-refractivity contribution is -0.120. The molecule has 0 aromatic heterocycles. The first-order chi connectivity index (χ1) is 10.8. The Hall–Kier alpha value is -3.26. The lowest BCUT2D eigenvalue weighted by atomic mass is 10.2. The van der Waals surface area contributed by atoms with Gasteiger partial charge in [0, 0.05) is 12.6 Å². The van der Waals surface area contributed by atoms with Crippen molar-refractivity contribution in [2.75, 3.05) is 5.01 Å². The van der Waals surface area contributed by atoms with Crippen molar-refractivity contribution in [3.63, 3.8) is 0 Å². The van der Waals surface area contributed by atoms with Crippen LogP contribution in [0.2, 0.25) is 0 Å². The molecule has 3 rings (SSSR count). The zero-order valence-electron chi connectivity index (χ0n) is 11.7. The molecule has 2 aromatic rings. The van der Waals surface area contributed by atoms with Crippen LogP contribution < -0.4 is 15.2 Å². The lowest BCUT2D eigenvalue weighted by Crippen LogP contribution is -2.40. The van der Waals surface area contributed by atoms with Gasteiger partial charge in [-0.2, -0.15) is 5.26 Å². The largest absolute Gasteiger partial charge is 0.456 e. The van der Waals surface area contributed by atoms with E-state index in [0.29, 0.717) is 29.2 Å². The van der Waals surface area contributed by atoms with Gasteiger partial charge in [-0.3, -0.25) is 15.2 Å². The number of para-hydroxylation sites is 1. The van der Waals surface area contributed by atoms with Crippen LogP contribution >= 0.6 is 0 Å². The van der Waals surface area contributed by atoms with Crippen LogP contribution in [0.3, 0.4) is 0 Å². The third-order valence-corrected chi connectivity index (χ3v) is 3.14. The maximum absolute atomic E-state index is 11.4. The summed E-state index contributed by atoms with van der Waals surface area (Å²) in [5.41, 5.74) is 3.80. The summed E-state index contributed by atoms with van der Waals surface area (Å²) < 4.78 is 5.72. The third-order valence-electron chi connectivity index (χ3n) is 3.14. The van der Waals surface area contributed by atoms with E-state index in [1.165, 1.54) is 0 Å². The SMILES string of the molecule is N#Cc1cc(N2C=CCC(=O)N2)ccc1Oc1ccccc1. The Balaban J connectivity index is 1.88. The maximum atomic E-state index is 11.4. The van der Waals surface area contributed by atoms with Gasteiger partial charge in [0.2, 0.25) is 5.91 Å². The maximum Gasteiger partial charge on any atom is 0.242 e. The monoisotopic (exact) mass is 291 g/mol. The zero-order valence-corrected chi connectivity index (χ0v) is 11.7. The summed E-state index contributed by atoms with van der Waals surface area (Å²) in [4.78, 5) is 11.4. The highest BCUT2D eigenvalue weighted by Crippen LogP contribution is 2.28. The van der Waals surface area contributed by atoms with Gasteiger partial charge in [0.05, 0.1) is 11.3 Å². The fraction of sp³-hybridized carbons (Fsp3) is 0.0588. The molecule has 0 saturated heterocycles. The third kappa shape index (κ3) is 2.91. The van der Waals surface area contributed by atoms with Crippen molar-refractivity contribution in [2.45, 2.75) is 6.42 Å². The van der Waals surface area contributed by atoms with Crippen molar-refractivity contribution in [3.05, 3.63) is 66.4 Å². The lowest BCUT2D eigenvalue weighted by Gasteiger charge is -2.24. The molecular formula is C17H13N3O2. The van der Waals surface area contributed by atoms with Gasteiger partial charge in [0.25, 0.3) is 0 Å². The summed E-state index contributed by atoms with van der Waals surface area (Å²) in [7, 11) is 0. The van der Waals surface area contributed by atoms with Crippen LogP contribution in [-0.4, -0.2) is 5.91 Å². The molecule has 108 valence electrons. The van der Waals surface area contributed by atoms with Gasteiger partial charge in [0.1, 0.15) is 17.6 Å². The molecule has 0 saturated carbocycles. The first-order valence-corrected chi connectivity index (χ1v) is 6.79. The molecule has 1 heterocycles. The zero-order chi connectivity index (χ0) is 15.4. The summed E-state index contributed by atoms with van der Waals surface area (Å²) >= 11 is 0. The number of nitrogens with zero attached hydrogens (tertiary/aromatic N) is 2. The second-order valence-electron chi connectivity index (χ2n) is 4.70. The van der Waals surface area contributed by atoms with Crippen LogP contribution in [0.4, 0.5) is 5.69 Å². The molecule has 1 N–H and O–H groups in total. The number of hydrogen-bond donors (Lipinski definition) is 1. The molecule has 0 fully saturated rings. The Morgan fingerprint density at radius 3 is 2.73 bits per heavy atom. The van der Waals surface area contributed by atoms with Gasteiger partial charge in [-0.1, -0.05) is 24.3 Å². The Labute approximate surface area is 128 Å². The molecule has 5 nitrogen and oxygen atoms in total. The fourth-order valence-corrected chi connectivity index (χ4v) is 2.09. The summed E-state index contributed by atoms with van der Waals surface area (Å²) in [6.07, 6.45) is 3.88. The molecule has 0 unspecified atom stereocenters. The van der Waals surface area contributed by atoms with E-state index < -0.39 is 0 Å². The predicted molar refractivity (Wildman–Crippen MR) is 82.1 cm³/mol. The average Bonchev–Trinajstić information content (AvgIpc) is 2.56. The van der Waals surface area contributed by atoms with Gasteiger partial charge in [-0.05, 0) is 30.3 Å². The minimum atomic E-state index is -0.0920. The van der Waals surface area contributed by atoms with E-state index in [1.54, 1.807) is 35.5 Å². The molecule has 2 aromatic carbocycles. The number of carbonyl (C=O) groups is 1. The fourth-order valence-electron chi connectivity index (χ4n) is 2.09. The molecule has 0 radical (unpaired) electrons. The van der Waals surface area contributed by atoms with Gasteiger partial charge >= 0.3 is 0 Å². The highest BCUT2D eigenvalue weighted by Gasteiger charge is 2.14. The standard InChI is InChI=1S/C17H13N3O2/c18-12-13-11-14(20-10-4-7-17(21)19-20)8-9-16(13)22-15-5-2-1-3-6-15/h1-6,8-11H,7H2,(H,19,21). The van der Waals surface area contributed by atoms with Crippen molar-refractivity contribution in [1.82, 2.24) is 5.43 Å². The Kier molecular flexibility index (Phi) is 3.75. The highest BCUT2D eigenvalue weighted by molar-refractivity contribution is 5.81. The van der Waals surface area contributed by atoms with E-state index in [9.17, 15) is 10.1 Å².